The van der Waals surface area contributed by atoms with Crippen LogP contribution in [0.15, 0.2) is 23.0 Å². The van der Waals surface area contributed by atoms with Crippen LogP contribution in [0, 0.1) is 0 Å². The first-order valence-electron chi connectivity index (χ1n) is 11.1. The van der Waals surface area contributed by atoms with Crippen LogP contribution in [0.3, 0.4) is 0 Å². The Morgan fingerprint density at radius 1 is 1.22 bits per heavy atom. The average molecular weight is 434 g/mol. The molecule has 0 amide bonds. The molecule has 0 aliphatic carbocycles. The van der Waals surface area contributed by atoms with Crippen molar-refractivity contribution >= 4 is 16.9 Å². The summed E-state index contributed by atoms with van der Waals surface area (Å²) in [6.07, 6.45) is 0.824. The van der Waals surface area contributed by atoms with Crippen LogP contribution in [0.25, 0.3) is 22.3 Å². The van der Waals surface area contributed by atoms with Crippen LogP contribution in [0.4, 0.5) is 0 Å². The van der Waals surface area contributed by atoms with Gasteiger partial charge in [-0.15, -0.1) is 0 Å². The number of aliphatic hydroxyl groups is 1. The summed E-state index contributed by atoms with van der Waals surface area (Å²) in [5, 5.41) is 22.5. The molecule has 3 aromatic rings. The first kappa shape index (κ1) is 20.7. The maximum atomic E-state index is 13.4. The molecule has 0 fully saturated rings. The summed E-state index contributed by atoms with van der Waals surface area (Å²) < 4.78 is 6.80. The quantitative estimate of drug-likeness (QED) is 0.479. The van der Waals surface area contributed by atoms with E-state index in [0.29, 0.717) is 35.5 Å². The second kappa shape index (κ2) is 6.90. The molecule has 0 saturated carbocycles. The maximum absolute atomic E-state index is 13.4. The van der Waals surface area contributed by atoms with Gasteiger partial charge in [0.1, 0.15) is 12.4 Å². The molecule has 1 aromatic carbocycles. The molecule has 2 N–H and O–H groups in total. The Kier molecular flexibility index (Phi) is 4.47. The van der Waals surface area contributed by atoms with Crippen molar-refractivity contribution in [1.82, 2.24) is 9.55 Å². The third-order valence-corrected chi connectivity index (χ3v) is 6.92. The van der Waals surface area contributed by atoms with Gasteiger partial charge < -0.3 is 19.5 Å². The van der Waals surface area contributed by atoms with E-state index in [4.69, 9.17) is 9.72 Å². The van der Waals surface area contributed by atoms with Gasteiger partial charge in [-0.3, -0.25) is 4.79 Å². The molecule has 1 atom stereocenters. The second-order valence-corrected chi connectivity index (χ2v) is 8.92. The summed E-state index contributed by atoms with van der Waals surface area (Å²) in [6.45, 7) is 8.04. The Bertz CT molecular complexity index is 1370. The third kappa shape index (κ3) is 2.54. The molecule has 0 unspecified atom stereocenters. The van der Waals surface area contributed by atoms with E-state index in [1.54, 1.807) is 29.7 Å². The van der Waals surface area contributed by atoms with Crippen molar-refractivity contribution in [3.05, 3.63) is 56.4 Å². The highest BCUT2D eigenvalue weighted by Gasteiger charge is 2.45. The Morgan fingerprint density at radius 3 is 2.62 bits per heavy atom. The predicted octanol–water partition coefficient (Wildman–Crippen LogP) is 3.47. The zero-order valence-corrected chi connectivity index (χ0v) is 18.7. The lowest BCUT2D eigenvalue weighted by Gasteiger charge is -2.31. The molecule has 7 nitrogen and oxygen atoms in total. The Labute approximate surface area is 185 Å². The van der Waals surface area contributed by atoms with Gasteiger partial charge in [0.25, 0.3) is 5.56 Å². The van der Waals surface area contributed by atoms with Crippen molar-refractivity contribution in [3.8, 4) is 17.1 Å². The number of pyridine rings is 2. The Morgan fingerprint density at radius 2 is 1.97 bits per heavy atom. The highest BCUT2D eigenvalue weighted by atomic mass is 16.6. The summed E-state index contributed by atoms with van der Waals surface area (Å²) in [6, 6.07) is 5.20. The minimum atomic E-state index is -1.84. The fraction of sp³-hybridized carbons (Fsp3) is 0.400. The molecule has 166 valence electrons. The molecule has 2 aliphatic rings. The first-order chi connectivity index (χ1) is 15.2. The molecule has 4 heterocycles. The van der Waals surface area contributed by atoms with Crippen LogP contribution in [-0.2, 0) is 34.7 Å². The van der Waals surface area contributed by atoms with Gasteiger partial charge in [0, 0.05) is 22.1 Å². The topological polar surface area (TPSA) is 102 Å². The molecule has 2 aliphatic heterocycles. The van der Waals surface area contributed by atoms with Crippen molar-refractivity contribution in [2.24, 2.45) is 0 Å². The van der Waals surface area contributed by atoms with Gasteiger partial charge >= 0.3 is 5.97 Å². The smallest absolute Gasteiger partial charge is 0.343 e. The minimum Gasteiger partial charge on any atom is -0.508 e. The summed E-state index contributed by atoms with van der Waals surface area (Å²) in [5.74, 6) is -0.381. The van der Waals surface area contributed by atoms with Crippen molar-refractivity contribution < 1.29 is 19.7 Å². The molecule has 0 bridgehead atoms. The number of nitrogens with zero attached hydrogens (tertiary/aromatic N) is 2. The number of hydrogen-bond acceptors (Lipinski definition) is 6. The van der Waals surface area contributed by atoms with Gasteiger partial charge in [-0.05, 0) is 42.5 Å². The largest absolute Gasteiger partial charge is 0.508 e. The number of esters is 1. The summed E-state index contributed by atoms with van der Waals surface area (Å²) in [7, 11) is 0. The normalized spacial score (nSPS) is 19.1. The zero-order chi connectivity index (χ0) is 22.9. The number of cyclic esters (lactones) is 1. The van der Waals surface area contributed by atoms with E-state index in [9.17, 15) is 19.8 Å². The number of carbonyl (C=O) groups excluding carboxylic acids is 1. The Hall–Kier alpha value is -3.19. The molecule has 7 heteroatoms. The van der Waals surface area contributed by atoms with Gasteiger partial charge in [-0.1, -0.05) is 27.7 Å². The molecular formula is C25H26N2O5. The van der Waals surface area contributed by atoms with Crippen LogP contribution in [0.1, 0.15) is 67.9 Å². The van der Waals surface area contributed by atoms with Crippen LogP contribution in [0.5, 0.6) is 5.75 Å². The van der Waals surface area contributed by atoms with Gasteiger partial charge in [0.05, 0.1) is 29.0 Å². The van der Waals surface area contributed by atoms with Crippen LogP contribution in [0.2, 0.25) is 0 Å². The van der Waals surface area contributed by atoms with E-state index in [0.717, 1.165) is 27.6 Å². The number of phenols is 1. The van der Waals surface area contributed by atoms with Crippen LogP contribution in [-0.4, -0.2) is 25.7 Å². The lowest BCUT2D eigenvalue weighted by Crippen LogP contribution is -2.44. The average Bonchev–Trinajstić information content (AvgIpc) is 3.13. The first-order valence-corrected chi connectivity index (χ1v) is 11.1. The van der Waals surface area contributed by atoms with Crippen molar-refractivity contribution in [2.75, 3.05) is 0 Å². The summed E-state index contributed by atoms with van der Waals surface area (Å²) in [4.78, 5) is 30.7. The van der Waals surface area contributed by atoms with E-state index in [1.807, 2.05) is 13.8 Å². The zero-order valence-electron chi connectivity index (χ0n) is 18.7. The number of fused-ring (bicyclic) bond motifs is 5. The predicted molar refractivity (Wildman–Crippen MR) is 120 cm³/mol. The molecule has 2 aromatic heterocycles. The monoisotopic (exact) mass is 434 g/mol. The lowest BCUT2D eigenvalue weighted by molar-refractivity contribution is -0.172. The van der Waals surface area contributed by atoms with Crippen LogP contribution < -0.4 is 5.56 Å². The maximum Gasteiger partial charge on any atom is 0.343 e. The van der Waals surface area contributed by atoms with Gasteiger partial charge in [-0.25, -0.2) is 9.78 Å². The number of rotatable bonds is 3. The number of carbonyl (C=O) groups is 1. The molecule has 0 radical (unpaired) electrons. The van der Waals surface area contributed by atoms with Crippen molar-refractivity contribution in [3.63, 3.8) is 0 Å². The standard InChI is InChI=1S/C25H26N2O5/c1-5-13-14-10-27-18(9-16-15(23(27)29)11-32-24(30)25(16,31)6-2)22(14)26-17-7-8-19(28)20(12(3)4)21(13)17/h7-9,12,28,31H,5-6,10-11H2,1-4H3/t25-/m0/s1. The summed E-state index contributed by atoms with van der Waals surface area (Å²) >= 11 is 0. The third-order valence-electron chi connectivity index (χ3n) is 6.92. The van der Waals surface area contributed by atoms with Crippen molar-refractivity contribution in [2.45, 2.75) is 65.2 Å². The minimum absolute atomic E-state index is 0.102. The molecular weight excluding hydrogens is 408 g/mol. The van der Waals surface area contributed by atoms with E-state index in [2.05, 4.69) is 6.92 Å². The van der Waals surface area contributed by atoms with Gasteiger partial charge in [-0.2, -0.15) is 0 Å². The Balaban J connectivity index is 1.85. The SMILES string of the molecule is CCc1c2c(nc3ccc(O)c(C(C)C)c13)-c1cc3c(c(=O)n1C2)COC(=O)[C@]3(O)CC. The number of aryl methyl sites for hydroxylation is 1. The van der Waals surface area contributed by atoms with Crippen molar-refractivity contribution in [1.29, 1.82) is 0 Å². The number of aromatic nitrogens is 2. The second-order valence-electron chi connectivity index (χ2n) is 8.92. The fourth-order valence-corrected chi connectivity index (χ4v) is 5.26. The number of ether oxygens (including phenoxy) is 1. The fourth-order valence-electron chi connectivity index (χ4n) is 5.26. The van der Waals surface area contributed by atoms with E-state index in [-0.39, 0.29) is 30.3 Å². The number of benzene rings is 1. The number of phenolic OH excluding ortho intramolecular Hbond substituents is 1. The molecule has 0 spiro atoms. The molecule has 5 rings (SSSR count). The van der Waals surface area contributed by atoms with E-state index >= 15 is 0 Å². The summed E-state index contributed by atoms with van der Waals surface area (Å²) in [5.41, 5.74) is 3.42. The highest BCUT2D eigenvalue weighted by Crippen LogP contribution is 2.43. The van der Waals surface area contributed by atoms with E-state index in [1.165, 1.54) is 0 Å². The van der Waals surface area contributed by atoms with Crippen LogP contribution >= 0.6 is 0 Å². The lowest BCUT2D eigenvalue weighted by atomic mass is 9.86. The van der Waals surface area contributed by atoms with E-state index < -0.39 is 11.6 Å². The van der Waals surface area contributed by atoms with Gasteiger partial charge in [0.15, 0.2) is 5.60 Å². The van der Waals surface area contributed by atoms with Gasteiger partial charge in [0.2, 0.25) is 0 Å². The number of hydrogen-bond donors (Lipinski definition) is 2. The molecule has 32 heavy (non-hydrogen) atoms. The highest BCUT2D eigenvalue weighted by molar-refractivity contribution is 5.93. The molecule has 0 saturated heterocycles. The number of aromatic hydroxyl groups is 1.